The van der Waals surface area contributed by atoms with Gasteiger partial charge < -0.3 is 19.3 Å². The molecule has 0 saturated heterocycles. The molecule has 0 bridgehead atoms. The summed E-state index contributed by atoms with van der Waals surface area (Å²) < 4.78 is 45.7. The zero-order valence-corrected chi connectivity index (χ0v) is 24.4. The average Bonchev–Trinajstić information content (AvgIpc) is 2.81. The molecule has 0 saturated carbocycles. The number of ether oxygens (including phenoxy) is 3. The van der Waals surface area contributed by atoms with Gasteiger partial charge in [-0.05, 0) is 53.5 Å². The van der Waals surface area contributed by atoms with E-state index in [-0.39, 0.29) is 18.8 Å². The summed E-state index contributed by atoms with van der Waals surface area (Å²) in [5.41, 5.74) is 1.98. The predicted octanol–water partition coefficient (Wildman–Crippen LogP) is 5.45. The van der Waals surface area contributed by atoms with Crippen LogP contribution in [0.25, 0.3) is 0 Å². The van der Waals surface area contributed by atoms with Crippen molar-refractivity contribution in [1.82, 2.24) is 4.72 Å². The SMILES string of the molecule is CC(C)COc1ccc(C(NS(C)(=O)=O)c2ccc(OCC(C)C)c(CCC(=O)O)c2)c(OCC(C)C)c1. The van der Waals surface area contributed by atoms with Crippen molar-refractivity contribution in [3.63, 3.8) is 0 Å². The lowest BCUT2D eigenvalue weighted by atomic mass is 9.95. The highest BCUT2D eigenvalue weighted by molar-refractivity contribution is 7.88. The van der Waals surface area contributed by atoms with E-state index in [1.54, 1.807) is 18.2 Å². The average molecular weight is 550 g/mol. The third-order valence-electron chi connectivity index (χ3n) is 5.38. The van der Waals surface area contributed by atoms with E-state index < -0.39 is 22.0 Å². The standard InChI is InChI=1S/C29H43NO7S/c1-19(2)16-35-24-10-11-25(27(15-24)37-18-21(5)6)29(30-38(7,33)34)23-8-12-26(36-17-20(3)4)22(14-23)9-13-28(31)32/h8,10-12,14-15,19-21,29-30H,9,13,16-18H2,1-7H3,(H,31,32). The molecule has 0 heterocycles. The van der Waals surface area contributed by atoms with Gasteiger partial charge in [0.05, 0.1) is 32.1 Å². The molecule has 2 N–H and O–H groups in total. The summed E-state index contributed by atoms with van der Waals surface area (Å²) in [4.78, 5) is 11.3. The fraction of sp³-hybridized carbons (Fsp3) is 0.552. The first-order valence-corrected chi connectivity index (χ1v) is 15.0. The number of hydrogen-bond acceptors (Lipinski definition) is 6. The van der Waals surface area contributed by atoms with E-state index in [1.165, 1.54) is 0 Å². The molecule has 0 aliphatic heterocycles. The number of benzene rings is 2. The van der Waals surface area contributed by atoms with Crippen molar-refractivity contribution < 1.29 is 32.5 Å². The van der Waals surface area contributed by atoms with E-state index in [0.717, 1.165) is 6.26 Å². The van der Waals surface area contributed by atoms with Crippen LogP contribution in [0.3, 0.4) is 0 Å². The van der Waals surface area contributed by atoms with Crippen LogP contribution in [0.2, 0.25) is 0 Å². The van der Waals surface area contributed by atoms with Crippen LogP contribution >= 0.6 is 0 Å². The summed E-state index contributed by atoms with van der Waals surface area (Å²) in [7, 11) is -3.63. The van der Waals surface area contributed by atoms with Gasteiger partial charge in [-0.15, -0.1) is 0 Å². The summed E-state index contributed by atoms with van der Waals surface area (Å²) in [6.07, 6.45) is 1.29. The Morgan fingerprint density at radius 1 is 0.842 bits per heavy atom. The van der Waals surface area contributed by atoms with Crippen LogP contribution in [0.1, 0.15) is 70.7 Å². The number of hydrogen-bond donors (Lipinski definition) is 2. The number of sulfonamides is 1. The van der Waals surface area contributed by atoms with Gasteiger partial charge in [-0.1, -0.05) is 53.7 Å². The Bertz CT molecular complexity index is 1160. The molecule has 0 spiro atoms. The molecule has 0 aliphatic rings. The maximum absolute atomic E-state index is 12.5. The summed E-state index contributed by atoms with van der Waals surface area (Å²) in [5.74, 6) is 1.72. The number of nitrogens with one attached hydrogen (secondary N) is 1. The minimum Gasteiger partial charge on any atom is -0.493 e. The van der Waals surface area contributed by atoms with Crippen LogP contribution in [0.4, 0.5) is 0 Å². The molecule has 0 radical (unpaired) electrons. The van der Waals surface area contributed by atoms with Crippen LogP contribution in [0, 0.1) is 17.8 Å². The zero-order chi connectivity index (χ0) is 28.5. The van der Waals surface area contributed by atoms with Crippen molar-refractivity contribution in [2.24, 2.45) is 17.8 Å². The second kappa shape index (κ2) is 14.4. The number of aryl methyl sites for hydroxylation is 1. The number of carboxylic acids is 1. The van der Waals surface area contributed by atoms with Crippen molar-refractivity contribution in [2.45, 2.75) is 60.4 Å². The predicted molar refractivity (Wildman–Crippen MR) is 150 cm³/mol. The van der Waals surface area contributed by atoms with Gasteiger partial charge in [0.1, 0.15) is 17.2 Å². The van der Waals surface area contributed by atoms with Gasteiger partial charge in [-0.3, -0.25) is 4.79 Å². The molecule has 2 aromatic carbocycles. The zero-order valence-electron chi connectivity index (χ0n) is 23.6. The Labute approximate surface area is 227 Å². The van der Waals surface area contributed by atoms with Gasteiger partial charge in [-0.2, -0.15) is 0 Å². The first kappa shape index (κ1) is 31.4. The largest absolute Gasteiger partial charge is 0.493 e. The fourth-order valence-electron chi connectivity index (χ4n) is 3.63. The lowest BCUT2D eigenvalue weighted by Gasteiger charge is -2.24. The summed E-state index contributed by atoms with van der Waals surface area (Å²) in [6, 6.07) is 10.0. The van der Waals surface area contributed by atoms with E-state index in [2.05, 4.69) is 18.6 Å². The lowest BCUT2D eigenvalue weighted by Crippen LogP contribution is -2.29. The Balaban J connectivity index is 2.60. The van der Waals surface area contributed by atoms with Crippen LogP contribution in [0.5, 0.6) is 17.2 Å². The number of rotatable bonds is 16. The molecular weight excluding hydrogens is 506 g/mol. The smallest absolute Gasteiger partial charge is 0.303 e. The van der Waals surface area contributed by atoms with Crippen LogP contribution in [0.15, 0.2) is 36.4 Å². The summed E-state index contributed by atoms with van der Waals surface area (Å²) >= 11 is 0. The van der Waals surface area contributed by atoms with Gasteiger partial charge >= 0.3 is 5.97 Å². The molecule has 0 amide bonds. The van der Waals surface area contributed by atoms with Gasteiger partial charge in [0.2, 0.25) is 10.0 Å². The molecule has 0 fully saturated rings. The van der Waals surface area contributed by atoms with E-state index in [9.17, 15) is 18.3 Å². The van der Waals surface area contributed by atoms with Crippen molar-refractivity contribution in [2.75, 3.05) is 26.1 Å². The first-order valence-electron chi connectivity index (χ1n) is 13.1. The quantitative estimate of drug-likeness (QED) is 0.287. The maximum Gasteiger partial charge on any atom is 0.303 e. The van der Waals surface area contributed by atoms with E-state index in [4.69, 9.17) is 14.2 Å². The maximum atomic E-state index is 12.5. The molecule has 2 rings (SSSR count). The van der Waals surface area contributed by atoms with Gasteiger partial charge in [0.15, 0.2) is 0 Å². The van der Waals surface area contributed by atoms with E-state index >= 15 is 0 Å². The molecule has 212 valence electrons. The van der Waals surface area contributed by atoms with Crippen LogP contribution in [-0.2, 0) is 21.2 Å². The van der Waals surface area contributed by atoms with Gasteiger partial charge in [-0.25, -0.2) is 13.1 Å². The Morgan fingerprint density at radius 2 is 1.42 bits per heavy atom. The van der Waals surface area contributed by atoms with Crippen molar-refractivity contribution in [3.05, 3.63) is 53.1 Å². The molecule has 9 heteroatoms. The third-order valence-corrected chi connectivity index (χ3v) is 6.05. The number of carboxylic acid groups (broad SMARTS) is 1. The van der Waals surface area contributed by atoms with E-state index in [1.807, 2.05) is 45.9 Å². The third kappa shape index (κ3) is 10.9. The molecule has 38 heavy (non-hydrogen) atoms. The topological polar surface area (TPSA) is 111 Å². The van der Waals surface area contributed by atoms with Crippen LogP contribution < -0.4 is 18.9 Å². The van der Waals surface area contributed by atoms with Crippen molar-refractivity contribution >= 4 is 16.0 Å². The molecule has 0 aromatic heterocycles. The molecule has 0 aliphatic carbocycles. The highest BCUT2D eigenvalue weighted by Gasteiger charge is 2.24. The highest BCUT2D eigenvalue weighted by Crippen LogP contribution is 2.36. The molecule has 1 unspecified atom stereocenters. The second-order valence-electron chi connectivity index (χ2n) is 10.9. The van der Waals surface area contributed by atoms with Crippen molar-refractivity contribution in [3.8, 4) is 17.2 Å². The Kier molecular flexibility index (Phi) is 11.9. The highest BCUT2D eigenvalue weighted by atomic mass is 32.2. The molecule has 2 aromatic rings. The molecular formula is C29H43NO7S. The number of carbonyl (C=O) groups is 1. The van der Waals surface area contributed by atoms with Gasteiger partial charge in [0, 0.05) is 18.1 Å². The summed E-state index contributed by atoms with van der Waals surface area (Å²) in [6.45, 7) is 13.7. The Morgan fingerprint density at radius 3 is 1.97 bits per heavy atom. The fourth-order valence-corrected chi connectivity index (χ4v) is 4.32. The monoisotopic (exact) mass is 549 g/mol. The normalized spacial score (nSPS) is 12.7. The van der Waals surface area contributed by atoms with Crippen molar-refractivity contribution in [1.29, 1.82) is 0 Å². The molecule has 8 nitrogen and oxygen atoms in total. The lowest BCUT2D eigenvalue weighted by molar-refractivity contribution is -0.136. The van der Waals surface area contributed by atoms with Crippen LogP contribution in [-0.4, -0.2) is 45.6 Å². The Hall–Kier alpha value is -2.78. The first-order chi connectivity index (χ1) is 17.7. The minimum atomic E-state index is -3.63. The molecule has 1 atom stereocenters. The van der Waals surface area contributed by atoms with E-state index in [0.29, 0.717) is 65.6 Å². The minimum absolute atomic E-state index is 0.0731. The number of aliphatic carboxylic acids is 1. The van der Waals surface area contributed by atoms with Gasteiger partial charge in [0.25, 0.3) is 0 Å². The summed E-state index contributed by atoms with van der Waals surface area (Å²) in [5, 5.41) is 9.28. The second-order valence-corrected chi connectivity index (χ2v) is 12.7.